The largest absolute Gasteiger partial charge is 0.492 e. The molecule has 0 aromatic carbocycles. The number of ether oxygens (including phenoxy) is 1. The van der Waals surface area contributed by atoms with Crippen molar-refractivity contribution in [2.45, 2.75) is 59.2 Å². The SMILES string of the molecule is Cc1nn2c(O)c(C(=O)NC3CC3)c(=O)n(CC(C)C)c2c1/C=C/C(=O)N1CCOC[C@H]1C. The van der Waals surface area contributed by atoms with Crippen LogP contribution in [-0.2, 0) is 16.1 Å². The maximum absolute atomic E-state index is 13.4. The summed E-state index contributed by atoms with van der Waals surface area (Å²) in [6.07, 6.45) is 4.81. The van der Waals surface area contributed by atoms with Crippen LogP contribution < -0.4 is 10.9 Å². The summed E-state index contributed by atoms with van der Waals surface area (Å²) in [5.74, 6) is -1.16. The van der Waals surface area contributed by atoms with Gasteiger partial charge in [0, 0.05) is 30.8 Å². The van der Waals surface area contributed by atoms with Crippen LogP contribution in [0.5, 0.6) is 5.88 Å². The first kappa shape index (κ1) is 23.0. The van der Waals surface area contributed by atoms with Gasteiger partial charge in [-0.25, -0.2) is 0 Å². The molecule has 2 aromatic rings. The van der Waals surface area contributed by atoms with Gasteiger partial charge < -0.3 is 20.1 Å². The van der Waals surface area contributed by atoms with Crippen LogP contribution >= 0.6 is 0 Å². The molecule has 10 heteroatoms. The molecule has 2 N–H and O–H groups in total. The van der Waals surface area contributed by atoms with Gasteiger partial charge in [0.05, 0.1) is 24.9 Å². The predicted molar refractivity (Wildman–Crippen MR) is 122 cm³/mol. The van der Waals surface area contributed by atoms with E-state index in [1.807, 2.05) is 20.8 Å². The average molecular weight is 458 g/mol. The summed E-state index contributed by atoms with van der Waals surface area (Å²) >= 11 is 0. The van der Waals surface area contributed by atoms with Crippen LogP contribution in [-0.4, -0.2) is 67.8 Å². The van der Waals surface area contributed by atoms with Crippen LogP contribution in [0.4, 0.5) is 0 Å². The lowest BCUT2D eigenvalue weighted by molar-refractivity contribution is -0.133. The molecule has 1 aliphatic carbocycles. The number of carbonyl (C=O) groups is 2. The molecule has 4 rings (SSSR count). The second kappa shape index (κ2) is 9.01. The second-order valence-electron chi connectivity index (χ2n) is 9.28. The highest BCUT2D eigenvalue weighted by molar-refractivity contribution is 5.97. The maximum atomic E-state index is 13.4. The van der Waals surface area contributed by atoms with Gasteiger partial charge in [0.25, 0.3) is 11.5 Å². The number of hydrogen-bond donors (Lipinski definition) is 2. The minimum atomic E-state index is -0.596. The minimum Gasteiger partial charge on any atom is -0.492 e. The van der Waals surface area contributed by atoms with Crippen molar-refractivity contribution >= 4 is 23.5 Å². The Kier molecular flexibility index (Phi) is 6.29. The summed E-state index contributed by atoms with van der Waals surface area (Å²) in [7, 11) is 0. The maximum Gasteiger partial charge on any atom is 0.270 e. The van der Waals surface area contributed by atoms with Gasteiger partial charge in [0.1, 0.15) is 5.65 Å². The molecule has 0 spiro atoms. The molecule has 33 heavy (non-hydrogen) atoms. The molecule has 1 saturated heterocycles. The lowest BCUT2D eigenvalue weighted by Gasteiger charge is -2.32. The molecule has 178 valence electrons. The van der Waals surface area contributed by atoms with Crippen molar-refractivity contribution in [2.24, 2.45) is 5.92 Å². The van der Waals surface area contributed by atoms with Crippen LogP contribution in [0.3, 0.4) is 0 Å². The number of rotatable bonds is 6. The van der Waals surface area contributed by atoms with Crippen molar-refractivity contribution < 1.29 is 19.4 Å². The Balaban J connectivity index is 1.80. The molecule has 0 bridgehead atoms. The van der Waals surface area contributed by atoms with Crippen molar-refractivity contribution in [3.05, 3.63) is 33.3 Å². The lowest BCUT2D eigenvalue weighted by Crippen LogP contribution is -2.46. The highest BCUT2D eigenvalue weighted by Gasteiger charge is 2.30. The van der Waals surface area contributed by atoms with E-state index in [0.717, 1.165) is 12.8 Å². The number of morpholine rings is 1. The average Bonchev–Trinajstić information content (AvgIpc) is 3.50. The van der Waals surface area contributed by atoms with E-state index in [2.05, 4.69) is 10.4 Å². The molecule has 10 nitrogen and oxygen atoms in total. The number of fused-ring (bicyclic) bond motifs is 1. The number of carbonyl (C=O) groups excluding carboxylic acids is 2. The van der Waals surface area contributed by atoms with Gasteiger partial charge >= 0.3 is 0 Å². The fraction of sp³-hybridized carbons (Fsp3) is 0.565. The van der Waals surface area contributed by atoms with Gasteiger partial charge in [-0.15, -0.1) is 0 Å². The number of amides is 2. The molecule has 1 saturated carbocycles. The van der Waals surface area contributed by atoms with Gasteiger partial charge in [0.15, 0.2) is 5.56 Å². The Labute approximate surface area is 191 Å². The second-order valence-corrected chi connectivity index (χ2v) is 9.28. The Morgan fingerprint density at radius 3 is 2.70 bits per heavy atom. The molecule has 2 aromatic heterocycles. The Morgan fingerprint density at radius 1 is 1.33 bits per heavy atom. The van der Waals surface area contributed by atoms with E-state index < -0.39 is 17.3 Å². The molecule has 0 radical (unpaired) electrons. The Hall–Kier alpha value is -3.14. The fourth-order valence-corrected chi connectivity index (χ4v) is 4.09. The normalized spacial score (nSPS) is 19.1. The summed E-state index contributed by atoms with van der Waals surface area (Å²) < 4.78 is 8.09. The zero-order valence-corrected chi connectivity index (χ0v) is 19.5. The molecule has 2 fully saturated rings. The van der Waals surface area contributed by atoms with E-state index in [0.29, 0.717) is 43.2 Å². The standard InChI is InChI=1S/C23H31N5O5/c1-13(2)11-27-21-17(7-8-18(29)26-9-10-33-12-14(26)3)15(4)25-28(21)23(32)19(22(27)31)20(30)24-16-5-6-16/h7-8,13-14,16,32H,5-6,9-12H2,1-4H3,(H,24,30)/b8-7+/t14-/m1/s1. The lowest BCUT2D eigenvalue weighted by atomic mass is 10.1. The van der Waals surface area contributed by atoms with Crippen LogP contribution in [0.1, 0.15) is 55.2 Å². The van der Waals surface area contributed by atoms with E-state index in [4.69, 9.17) is 4.74 Å². The van der Waals surface area contributed by atoms with Crippen LogP contribution in [0.15, 0.2) is 10.9 Å². The quantitative estimate of drug-likeness (QED) is 0.632. The van der Waals surface area contributed by atoms with E-state index in [9.17, 15) is 19.5 Å². The molecule has 0 unspecified atom stereocenters. The first-order valence-electron chi connectivity index (χ1n) is 11.4. The number of nitrogens with zero attached hydrogens (tertiary/aromatic N) is 4. The molecule has 2 aliphatic rings. The van der Waals surface area contributed by atoms with Gasteiger partial charge in [0.2, 0.25) is 11.8 Å². The fourth-order valence-electron chi connectivity index (χ4n) is 4.09. The zero-order chi connectivity index (χ0) is 23.9. The first-order valence-corrected chi connectivity index (χ1v) is 11.4. The summed E-state index contributed by atoms with van der Waals surface area (Å²) in [5.41, 5.74) is 0.541. The number of aromatic nitrogens is 3. The monoisotopic (exact) mass is 457 g/mol. The predicted octanol–water partition coefficient (Wildman–Crippen LogP) is 1.32. The van der Waals surface area contributed by atoms with Gasteiger partial charge in [-0.3, -0.25) is 19.0 Å². The summed E-state index contributed by atoms with van der Waals surface area (Å²) in [5, 5.41) is 18.0. The molecule has 1 aliphatic heterocycles. The van der Waals surface area contributed by atoms with Crippen molar-refractivity contribution in [2.75, 3.05) is 19.8 Å². The molecular formula is C23H31N5O5. The first-order chi connectivity index (χ1) is 15.7. The number of aryl methyl sites for hydroxylation is 1. The van der Waals surface area contributed by atoms with E-state index in [1.54, 1.807) is 17.9 Å². The minimum absolute atomic E-state index is 0.0309. The highest BCUT2D eigenvalue weighted by Crippen LogP contribution is 2.25. The van der Waals surface area contributed by atoms with E-state index >= 15 is 0 Å². The molecule has 1 atom stereocenters. The van der Waals surface area contributed by atoms with Gasteiger partial charge in [-0.05, 0) is 38.7 Å². The van der Waals surface area contributed by atoms with Crippen molar-refractivity contribution in [1.29, 1.82) is 0 Å². The zero-order valence-electron chi connectivity index (χ0n) is 19.5. The van der Waals surface area contributed by atoms with Gasteiger partial charge in [-0.2, -0.15) is 9.61 Å². The Morgan fingerprint density at radius 2 is 2.06 bits per heavy atom. The van der Waals surface area contributed by atoms with Crippen LogP contribution in [0.2, 0.25) is 0 Å². The third kappa shape index (κ3) is 4.52. The van der Waals surface area contributed by atoms with Gasteiger partial charge in [-0.1, -0.05) is 13.8 Å². The number of nitrogens with one attached hydrogen (secondary N) is 1. The third-order valence-electron chi connectivity index (χ3n) is 5.95. The molecule has 3 heterocycles. The van der Waals surface area contributed by atoms with Crippen molar-refractivity contribution in [3.63, 3.8) is 0 Å². The van der Waals surface area contributed by atoms with Crippen molar-refractivity contribution in [1.82, 2.24) is 24.4 Å². The topological polar surface area (TPSA) is 118 Å². The molecule has 2 amide bonds. The highest BCUT2D eigenvalue weighted by atomic mass is 16.5. The van der Waals surface area contributed by atoms with Crippen molar-refractivity contribution in [3.8, 4) is 5.88 Å². The molecular weight excluding hydrogens is 426 g/mol. The summed E-state index contributed by atoms with van der Waals surface area (Å²) in [6, 6.07) is 0.00796. The van der Waals surface area contributed by atoms with Crippen LogP contribution in [0.25, 0.3) is 11.7 Å². The van der Waals surface area contributed by atoms with Crippen LogP contribution in [0, 0.1) is 12.8 Å². The summed E-state index contributed by atoms with van der Waals surface area (Å²) in [6.45, 7) is 9.41. The summed E-state index contributed by atoms with van der Waals surface area (Å²) in [4.78, 5) is 40.6. The number of hydrogen-bond acceptors (Lipinski definition) is 6. The van der Waals surface area contributed by atoms with E-state index in [1.165, 1.54) is 15.2 Å². The third-order valence-corrected chi connectivity index (χ3v) is 5.95. The number of aromatic hydroxyl groups is 1. The smallest absolute Gasteiger partial charge is 0.270 e. The van der Waals surface area contributed by atoms with E-state index in [-0.39, 0.29) is 29.5 Å². The Bertz CT molecular complexity index is 1170.